The van der Waals surface area contributed by atoms with E-state index in [4.69, 9.17) is 5.73 Å². The number of nitrogens with one attached hydrogen (secondary N) is 1. The number of carbonyl (C=O) groups excluding carboxylic acids is 1. The Balaban J connectivity index is 0. The summed E-state index contributed by atoms with van der Waals surface area (Å²) in [5, 5.41) is 2.58. The van der Waals surface area contributed by atoms with Gasteiger partial charge in [0.05, 0.1) is 0 Å². The minimum absolute atomic E-state index is 0.00838. The van der Waals surface area contributed by atoms with Crippen LogP contribution in [-0.2, 0) is 4.79 Å². The fourth-order valence-corrected chi connectivity index (χ4v) is 0.344. The molecule has 3 nitrogen and oxygen atoms in total. The Morgan fingerprint density at radius 3 is 2.00 bits per heavy atom. The molecule has 5 heteroatoms. The number of thiol groups is 2. The van der Waals surface area contributed by atoms with E-state index in [1.807, 2.05) is 0 Å². The predicted molar refractivity (Wildman–Crippen MR) is 55.4 cm³/mol. The van der Waals surface area contributed by atoms with Crippen molar-refractivity contribution in [1.29, 1.82) is 0 Å². The van der Waals surface area contributed by atoms with Gasteiger partial charge in [-0.15, -0.1) is 0 Å². The summed E-state index contributed by atoms with van der Waals surface area (Å²) in [6.45, 7) is 2.84. The highest BCUT2D eigenvalue weighted by atomic mass is 32.1. The van der Waals surface area contributed by atoms with Crippen molar-refractivity contribution in [1.82, 2.24) is 5.32 Å². The van der Waals surface area contributed by atoms with Gasteiger partial charge in [-0.1, -0.05) is 0 Å². The van der Waals surface area contributed by atoms with E-state index in [2.05, 4.69) is 30.6 Å². The zero-order valence-corrected chi connectivity index (χ0v) is 8.50. The van der Waals surface area contributed by atoms with Crippen LogP contribution in [-0.4, -0.2) is 30.5 Å². The van der Waals surface area contributed by atoms with Gasteiger partial charge in [-0.3, -0.25) is 4.79 Å². The summed E-state index contributed by atoms with van der Waals surface area (Å²) in [7, 11) is 0. The molecule has 1 amide bonds. The van der Waals surface area contributed by atoms with Crippen molar-refractivity contribution >= 4 is 31.2 Å². The standard InChI is InChI=1S/C4H9NOS.C2H7NS/c1-4(6)5-2-3-7;3-1-2-4/h7H,2-3H2,1H3,(H,5,6);4H,1-3H2. The molecule has 0 aromatic heterocycles. The summed E-state index contributed by atoms with van der Waals surface area (Å²) in [5.74, 6) is 1.51. The van der Waals surface area contributed by atoms with Gasteiger partial charge in [-0.2, -0.15) is 25.3 Å². The molecule has 0 aliphatic carbocycles. The van der Waals surface area contributed by atoms with Gasteiger partial charge in [0.25, 0.3) is 0 Å². The largest absolute Gasteiger partial charge is 0.356 e. The van der Waals surface area contributed by atoms with E-state index in [0.717, 1.165) is 5.75 Å². The Kier molecular flexibility index (Phi) is 15.9. The van der Waals surface area contributed by atoms with Crippen LogP contribution in [0.1, 0.15) is 6.92 Å². The first-order valence-electron chi connectivity index (χ1n) is 3.35. The fraction of sp³-hybridized carbons (Fsp3) is 0.833. The SMILES string of the molecule is CC(=O)NCCS.NCCS. The Bertz CT molecular complexity index is 88.7. The van der Waals surface area contributed by atoms with E-state index in [1.54, 1.807) is 0 Å². The molecular formula is C6H16N2OS2. The lowest BCUT2D eigenvalue weighted by atomic mass is 10.6. The van der Waals surface area contributed by atoms with E-state index in [-0.39, 0.29) is 5.91 Å². The average molecular weight is 196 g/mol. The molecule has 0 bridgehead atoms. The van der Waals surface area contributed by atoms with Crippen LogP contribution < -0.4 is 11.1 Å². The van der Waals surface area contributed by atoms with Crippen molar-refractivity contribution in [2.75, 3.05) is 24.6 Å². The molecule has 0 atom stereocenters. The lowest BCUT2D eigenvalue weighted by Crippen LogP contribution is -2.21. The molecule has 0 saturated heterocycles. The third-order valence-corrected chi connectivity index (χ3v) is 1.10. The Hall–Kier alpha value is 0.130. The minimum atomic E-state index is 0.00838. The highest BCUT2D eigenvalue weighted by molar-refractivity contribution is 7.80. The van der Waals surface area contributed by atoms with Gasteiger partial charge in [0, 0.05) is 31.5 Å². The maximum atomic E-state index is 10.1. The second kappa shape index (κ2) is 12.8. The van der Waals surface area contributed by atoms with Crippen molar-refractivity contribution in [2.45, 2.75) is 6.92 Å². The molecule has 0 saturated carbocycles. The summed E-state index contributed by atoms with van der Waals surface area (Å²) in [4.78, 5) is 10.1. The van der Waals surface area contributed by atoms with Crippen molar-refractivity contribution in [3.05, 3.63) is 0 Å². The lowest BCUT2D eigenvalue weighted by molar-refractivity contribution is -0.118. The smallest absolute Gasteiger partial charge is 0.216 e. The second-order valence-electron chi connectivity index (χ2n) is 1.72. The molecule has 0 aromatic carbocycles. The molecule has 3 N–H and O–H groups in total. The number of amides is 1. The predicted octanol–water partition coefficient (Wildman–Crippen LogP) is -0.0728. The molecule has 0 aliphatic rings. The molecule has 11 heavy (non-hydrogen) atoms. The lowest BCUT2D eigenvalue weighted by Gasteiger charge is -1.93. The third kappa shape index (κ3) is 25.4. The maximum absolute atomic E-state index is 10.1. The molecular weight excluding hydrogens is 180 g/mol. The minimum Gasteiger partial charge on any atom is -0.356 e. The Morgan fingerprint density at radius 1 is 1.45 bits per heavy atom. The first kappa shape index (κ1) is 13.7. The molecule has 0 aliphatic heterocycles. The fourth-order valence-electron chi connectivity index (χ4n) is 0.232. The average Bonchev–Trinajstić information content (AvgIpc) is 2.01. The summed E-state index contributed by atoms with van der Waals surface area (Å²) in [6, 6.07) is 0. The van der Waals surface area contributed by atoms with Gasteiger partial charge in [-0.05, 0) is 0 Å². The summed E-state index contributed by atoms with van der Waals surface area (Å²) in [5.41, 5.74) is 4.95. The first-order valence-corrected chi connectivity index (χ1v) is 4.61. The van der Waals surface area contributed by atoms with Crippen LogP contribution in [0.15, 0.2) is 0 Å². The van der Waals surface area contributed by atoms with Crippen LogP contribution in [0.3, 0.4) is 0 Å². The van der Waals surface area contributed by atoms with Crippen molar-refractivity contribution < 1.29 is 4.79 Å². The van der Waals surface area contributed by atoms with E-state index >= 15 is 0 Å². The van der Waals surface area contributed by atoms with E-state index in [9.17, 15) is 4.79 Å². The Morgan fingerprint density at radius 2 is 1.91 bits per heavy atom. The molecule has 0 heterocycles. The van der Waals surface area contributed by atoms with Crippen LogP contribution in [0, 0.1) is 0 Å². The maximum Gasteiger partial charge on any atom is 0.216 e. The molecule has 68 valence electrons. The van der Waals surface area contributed by atoms with E-state index < -0.39 is 0 Å². The number of hydrogen-bond acceptors (Lipinski definition) is 4. The molecule has 0 unspecified atom stereocenters. The molecule has 0 radical (unpaired) electrons. The molecule has 0 fully saturated rings. The van der Waals surface area contributed by atoms with Crippen LogP contribution in [0.25, 0.3) is 0 Å². The zero-order valence-electron chi connectivity index (χ0n) is 6.71. The Labute approximate surface area is 78.9 Å². The van der Waals surface area contributed by atoms with Crippen LogP contribution in [0.2, 0.25) is 0 Å². The van der Waals surface area contributed by atoms with Crippen molar-refractivity contribution in [3.63, 3.8) is 0 Å². The van der Waals surface area contributed by atoms with Crippen molar-refractivity contribution in [3.8, 4) is 0 Å². The van der Waals surface area contributed by atoms with E-state index in [1.165, 1.54) is 6.92 Å². The van der Waals surface area contributed by atoms with Crippen LogP contribution in [0.4, 0.5) is 0 Å². The van der Waals surface area contributed by atoms with Crippen LogP contribution >= 0.6 is 25.3 Å². The molecule has 0 aromatic rings. The molecule has 0 rings (SSSR count). The van der Waals surface area contributed by atoms with Crippen LogP contribution in [0.5, 0.6) is 0 Å². The van der Waals surface area contributed by atoms with Crippen molar-refractivity contribution in [2.24, 2.45) is 5.73 Å². The number of hydrogen-bond donors (Lipinski definition) is 4. The third-order valence-electron chi connectivity index (χ3n) is 0.615. The second-order valence-corrected chi connectivity index (χ2v) is 2.61. The zero-order chi connectivity index (χ0) is 9.11. The van der Waals surface area contributed by atoms with Gasteiger partial charge in [0.15, 0.2) is 0 Å². The number of rotatable bonds is 3. The van der Waals surface area contributed by atoms with Gasteiger partial charge in [0.1, 0.15) is 0 Å². The summed E-state index contributed by atoms with van der Waals surface area (Å²) in [6.07, 6.45) is 0. The first-order chi connectivity index (χ1) is 5.18. The summed E-state index contributed by atoms with van der Waals surface area (Å²) >= 11 is 7.68. The topological polar surface area (TPSA) is 55.1 Å². The number of nitrogens with two attached hydrogens (primary N) is 1. The summed E-state index contributed by atoms with van der Waals surface area (Å²) < 4.78 is 0. The highest BCUT2D eigenvalue weighted by Gasteiger charge is 1.83. The monoisotopic (exact) mass is 196 g/mol. The van der Waals surface area contributed by atoms with Gasteiger partial charge < -0.3 is 11.1 Å². The highest BCUT2D eigenvalue weighted by Crippen LogP contribution is 1.67. The number of carbonyl (C=O) groups is 1. The quantitative estimate of drug-likeness (QED) is 0.478. The van der Waals surface area contributed by atoms with E-state index in [0.29, 0.717) is 18.8 Å². The van der Waals surface area contributed by atoms with Gasteiger partial charge >= 0.3 is 0 Å². The normalized spacial score (nSPS) is 8.00. The van der Waals surface area contributed by atoms with Gasteiger partial charge in [-0.25, -0.2) is 0 Å². The molecule has 0 spiro atoms. The van der Waals surface area contributed by atoms with Gasteiger partial charge in [0.2, 0.25) is 5.91 Å².